The summed E-state index contributed by atoms with van der Waals surface area (Å²) in [4.78, 5) is 29.2. The number of urea groups is 1. The van der Waals surface area contributed by atoms with Crippen molar-refractivity contribution in [1.29, 1.82) is 0 Å². The van der Waals surface area contributed by atoms with Gasteiger partial charge in [-0.1, -0.05) is 54.1 Å². The van der Waals surface area contributed by atoms with Crippen LogP contribution in [0.2, 0.25) is 0 Å². The second-order valence-corrected chi connectivity index (χ2v) is 7.15. The summed E-state index contributed by atoms with van der Waals surface area (Å²) in [5, 5.41) is 5.03. The van der Waals surface area contributed by atoms with Gasteiger partial charge < -0.3 is 15.1 Å². The van der Waals surface area contributed by atoms with E-state index in [1.807, 2.05) is 73.7 Å². The van der Waals surface area contributed by atoms with Crippen molar-refractivity contribution >= 4 is 34.1 Å². The fourth-order valence-electron chi connectivity index (χ4n) is 3.66. The van der Waals surface area contributed by atoms with Crippen LogP contribution in [0.1, 0.15) is 12.5 Å². The number of anilines is 2. The van der Waals surface area contributed by atoms with Crippen molar-refractivity contribution in [3.05, 3.63) is 72.3 Å². The van der Waals surface area contributed by atoms with Crippen LogP contribution >= 0.6 is 0 Å². The van der Waals surface area contributed by atoms with E-state index in [2.05, 4.69) is 5.32 Å². The predicted molar refractivity (Wildman–Crippen MR) is 113 cm³/mol. The minimum absolute atomic E-state index is 0.0679. The quantitative estimate of drug-likeness (QED) is 0.723. The van der Waals surface area contributed by atoms with E-state index in [9.17, 15) is 9.59 Å². The van der Waals surface area contributed by atoms with Gasteiger partial charge in [-0.2, -0.15) is 0 Å². The van der Waals surface area contributed by atoms with Crippen LogP contribution in [-0.4, -0.2) is 36.0 Å². The van der Waals surface area contributed by atoms with E-state index in [4.69, 9.17) is 0 Å². The van der Waals surface area contributed by atoms with Gasteiger partial charge in [0.2, 0.25) is 5.91 Å². The fourth-order valence-corrected chi connectivity index (χ4v) is 3.66. The lowest BCUT2D eigenvalue weighted by Gasteiger charge is -2.39. The molecule has 5 nitrogen and oxygen atoms in total. The number of nitrogens with zero attached hydrogens (tertiary/aromatic N) is 2. The van der Waals surface area contributed by atoms with E-state index < -0.39 is 6.04 Å². The molecule has 1 saturated heterocycles. The number of carbonyl (C=O) groups excluding carboxylic acids is 2. The Hall–Kier alpha value is -3.34. The number of rotatable bonds is 2. The summed E-state index contributed by atoms with van der Waals surface area (Å²) >= 11 is 0. The zero-order valence-electron chi connectivity index (χ0n) is 16.1. The highest BCUT2D eigenvalue weighted by Crippen LogP contribution is 2.29. The molecule has 0 aromatic heterocycles. The molecule has 142 valence electrons. The number of piperazine rings is 1. The molecule has 3 aromatic carbocycles. The van der Waals surface area contributed by atoms with E-state index >= 15 is 0 Å². The smallest absolute Gasteiger partial charge is 0.311 e. The van der Waals surface area contributed by atoms with Crippen LogP contribution in [0, 0.1) is 6.92 Å². The van der Waals surface area contributed by atoms with Crippen LogP contribution in [0.15, 0.2) is 66.7 Å². The van der Waals surface area contributed by atoms with Gasteiger partial charge in [0.15, 0.2) is 0 Å². The molecule has 0 bridgehead atoms. The Morgan fingerprint density at radius 1 is 0.964 bits per heavy atom. The third kappa shape index (κ3) is 3.31. The first-order chi connectivity index (χ1) is 13.5. The molecular weight excluding hydrogens is 350 g/mol. The molecule has 1 atom stereocenters. The Kier molecular flexibility index (Phi) is 4.74. The molecule has 0 spiro atoms. The molecule has 3 aromatic rings. The molecule has 3 amide bonds. The molecule has 1 N–H and O–H groups in total. The molecule has 4 rings (SSSR count). The molecule has 0 radical (unpaired) electrons. The minimum Gasteiger partial charge on any atom is -0.311 e. The number of nitrogens with one attached hydrogen (secondary N) is 1. The summed E-state index contributed by atoms with van der Waals surface area (Å²) in [5.74, 6) is -0.0679. The molecular formula is C23H23N3O2. The maximum atomic E-state index is 13.1. The highest BCUT2D eigenvalue weighted by Gasteiger charge is 2.35. The molecule has 1 aliphatic rings. The molecule has 0 aliphatic carbocycles. The highest BCUT2D eigenvalue weighted by molar-refractivity contribution is 6.07. The van der Waals surface area contributed by atoms with Crippen molar-refractivity contribution in [1.82, 2.24) is 4.90 Å². The number of hydrogen-bond donors (Lipinski definition) is 1. The Balaban J connectivity index is 1.53. The normalized spacial score (nSPS) is 17.1. The van der Waals surface area contributed by atoms with Crippen molar-refractivity contribution in [2.24, 2.45) is 0 Å². The lowest BCUT2D eigenvalue weighted by atomic mass is 10.1. The van der Waals surface area contributed by atoms with Gasteiger partial charge in [0.05, 0.1) is 5.69 Å². The summed E-state index contributed by atoms with van der Waals surface area (Å²) in [6.45, 7) is 4.74. The molecule has 5 heteroatoms. The molecule has 1 fully saturated rings. The van der Waals surface area contributed by atoms with Crippen LogP contribution in [0.25, 0.3) is 10.8 Å². The second-order valence-electron chi connectivity index (χ2n) is 7.15. The van der Waals surface area contributed by atoms with Gasteiger partial charge >= 0.3 is 6.03 Å². The number of carbonyl (C=O) groups is 2. The number of benzene rings is 3. The zero-order valence-corrected chi connectivity index (χ0v) is 16.1. The van der Waals surface area contributed by atoms with E-state index in [0.717, 1.165) is 27.7 Å². The number of fused-ring (bicyclic) bond motifs is 1. The lowest BCUT2D eigenvalue weighted by Crippen LogP contribution is -2.58. The van der Waals surface area contributed by atoms with E-state index in [0.29, 0.717) is 13.1 Å². The average molecular weight is 373 g/mol. The predicted octanol–water partition coefficient (Wildman–Crippen LogP) is 4.42. The van der Waals surface area contributed by atoms with E-state index in [1.165, 1.54) is 0 Å². The molecule has 1 heterocycles. The summed E-state index contributed by atoms with van der Waals surface area (Å²) in [7, 11) is 0. The highest BCUT2D eigenvalue weighted by atomic mass is 16.2. The summed E-state index contributed by atoms with van der Waals surface area (Å²) in [6, 6.07) is 20.9. The van der Waals surface area contributed by atoms with Gasteiger partial charge in [0.1, 0.15) is 6.04 Å². The Bertz CT molecular complexity index is 1020. The standard InChI is InChI=1S/C23H23N3O2/c1-16-10-12-19(13-11-16)24-23(28)25-14-15-26(22(27)17(25)2)21-9-5-7-18-6-3-4-8-20(18)21/h3-13,17H,14-15H2,1-2H3,(H,24,28)/t17-/m0/s1. The van der Waals surface area contributed by atoms with E-state index in [1.54, 1.807) is 16.7 Å². The van der Waals surface area contributed by atoms with Gasteiger partial charge in [0.25, 0.3) is 0 Å². The van der Waals surface area contributed by atoms with Gasteiger partial charge in [-0.15, -0.1) is 0 Å². The summed E-state index contributed by atoms with van der Waals surface area (Å²) in [5.41, 5.74) is 2.76. The largest absolute Gasteiger partial charge is 0.322 e. The third-order valence-electron chi connectivity index (χ3n) is 5.28. The van der Waals surface area contributed by atoms with Gasteiger partial charge in [-0.25, -0.2) is 4.79 Å². The van der Waals surface area contributed by atoms with Gasteiger partial charge in [-0.05, 0) is 37.4 Å². The average Bonchev–Trinajstić information content (AvgIpc) is 2.71. The van der Waals surface area contributed by atoms with Crippen LogP contribution in [0.4, 0.5) is 16.2 Å². The monoisotopic (exact) mass is 373 g/mol. The van der Waals surface area contributed by atoms with Crippen molar-refractivity contribution in [3.8, 4) is 0 Å². The first-order valence-electron chi connectivity index (χ1n) is 9.48. The van der Waals surface area contributed by atoms with Gasteiger partial charge in [-0.3, -0.25) is 4.79 Å². The van der Waals surface area contributed by atoms with Crippen molar-refractivity contribution < 1.29 is 9.59 Å². The van der Waals surface area contributed by atoms with Crippen LogP contribution < -0.4 is 10.2 Å². The first kappa shape index (κ1) is 18.0. The SMILES string of the molecule is Cc1ccc(NC(=O)N2CCN(c3cccc4ccccc34)C(=O)[C@@H]2C)cc1. The summed E-state index contributed by atoms with van der Waals surface area (Å²) < 4.78 is 0. The lowest BCUT2D eigenvalue weighted by molar-refractivity contribution is -0.123. The number of aryl methyl sites for hydroxylation is 1. The minimum atomic E-state index is -0.529. The van der Waals surface area contributed by atoms with Crippen LogP contribution in [-0.2, 0) is 4.79 Å². The molecule has 1 aliphatic heterocycles. The Labute approximate surface area is 164 Å². The van der Waals surface area contributed by atoms with Crippen molar-refractivity contribution in [3.63, 3.8) is 0 Å². The fraction of sp³-hybridized carbons (Fsp3) is 0.217. The maximum absolute atomic E-state index is 13.1. The van der Waals surface area contributed by atoms with Gasteiger partial charge in [0, 0.05) is 24.2 Å². The Morgan fingerprint density at radius 3 is 2.46 bits per heavy atom. The maximum Gasteiger partial charge on any atom is 0.322 e. The third-order valence-corrected chi connectivity index (χ3v) is 5.28. The number of hydrogen-bond acceptors (Lipinski definition) is 2. The topological polar surface area (TPSA) is 52.7 Å². The van der Waals surface area contributed by atoms with Crippen LogP contribution in [0.5, 0.6) is 0 Å². The molecule has 28 heavy (non-hydrogen) atoms. The second kappa shape index (κ2) is 7.35. The summed E-state index contributed by atoms with van der Waals surface area (Å²) in [6.07, 6.45) is 0. The number of amides is 3. The molecule has 0 unspecified atom stereocenters. The van der Waals surface area contributed by atoms with Crippen molar-refractivity contribution in [2.45, 2.75) is 19.9 Å². The molecule has 0 saturated carbocycles. The Morgan fingerprint density at radius 2 is 1.68 bits per heavy atom. The van der Waals surface area contributed by atoms with E-state index in [-0.39, 0.29) is 11.9 Å². The van der Waals surface area contributed by atoms with Crippen LogP contribution in [0.3, 0.4) is 0 Å². The first-order valence-corrected chi connectivity index (χ1v) is 9.48. The zero-order chi connectivity index (χ0) is 19.7. The van der Waals surface area contributed by atoms with Crippen molar-refractivity contribution in [2.75, 3.05) is 23.3 Å².